The Hall–Kier alpha value is -3.05. The van der Waals surface area contributed by atoms with Crippen molar-refractivity contribution in [3.63, 3.8) is 0 Å². The number of aliphatic imine (C=N–C) groups is 1. The van der Waals surface area contributed by atoms with E-state index in [0.717, 1.165) is 5.56 Å². The van der Waals surface area contributed by atoms with Crippen molar-refractivity contribution in [3.8, 4) is 11.3 Å². The van der Waals surface area contributed by atoms with Gasteiger partial charge in [-0.1, -0.05) is 23.7 Å². The van der Waals surface area contributed by atoms with Crippen LogP contribution in [-0.2, 0) is 9.53 Å². The van der Waals surface area contributed by atoms with E-state index in [4.69, 9.17) is 25.2 Å². The number of hydrogen-bond acceptors (Lipinski definition) is 5. The molecule has 5 nitrogen and oxygen atoms in total. The van der Waals surface area contributed by atoms with Gasteiger partial charge in [-0.2, -0.15) is 0 Å². The number of halogens is 1. The third-order valence-corrected chi connectivity index (χ3v) is 3.73. The summed E-state index contributed by atoms with van der Waals surface area (Å²) >= 11 is 6.16. The molecule has 6 heteroatoms. The Balaban J connectivity index is 1.65. The summed E-state index contributed by atoms with van der Waals surface area (Å²) in [5.74, 6) is 1.05. The number of benzene rings is 1. The highest BCUT2D eigenvalue weighted by molar-refractivity contribution is 6.33. The number of nitrogens with zero attached hydrogens (tertiary/aromatic N) is 1. The second-order valence-electron chi connectivity index (χ2n) is 5.00. The van der Waals surface area contributed by atoms with Crippen LogP contribution in [0.5, 0.6) is 0 Å². The second-order valence-corrected chi connectivity index (χ2v) is 5.40. The molecule has 0 amide bonds. The van der Waals surface area contributed by atoms with E-state index in [9.17, 15) is 4.79 Å². The Labute approximate surface area is 141 Å². The van der Waals surface area contributed by atoms with Crippen LogP contribution in [0.15, 0.2) is 74.3 Å². The summed E-state index contributed by atoms with van der Waals surface area (Å²) in [5.41, 5.74) is 0.916. The number of carbonyl (C=O) groups excluding carboxylic acids is 1. The number of furan rings is 2. The number of esters is 1. The lowest BCUT2D eigenvalue weighted by Gasteiger charge is -1.98. The normalized spacial score (nSPS) is 15.6. The molecule has 0 aliphatic carbocycles. The summed E-state index contributed by atoms with van der Waals surface area (Å²) < 4.78 is 16.0. The van der Waals surface area contributed by atoms with E-state index in [-0.39, 0.29) is 11.6 Å². The summed E-state index contributed by atoms with van der Waals surface area (Å²) in [6.07, 6.45) is 2.99. The molecule has 0 saturated carbocycles. The SMILES string of the molecule is O=C1OC(c2ccco2)=N/C1=C\c1ccc(-c2ccccc2Cl)o1. The van der Waals surface area contributed by atoms with Gasteiger partial charge in [0.1, 0.15) is 11.5 Å². The van der Waals surface area contributed by atoms with E-state index in [1.54, 1.807) is 30.3 Å². The molecule has 1 aliphatic rings. The number of ether oxygens (including phenoxy) is 1. The molecule has 0 saturated heterocycles. The summed E-state index contributed by atoms with van der Waals surface area (Å²) in [6.45, 7) is 0. The Morgan fingerprint density at radius 3 is 2.67 bits per heavy atom. The molecule has 0 radical (unpaired) electrons. The van der Waals surface area contributed by atoms with Gasteiger partial charge in [0.25, 0.3) is 5.90 Å². The molecule has 0 spiro atoms. The van der Waals surface area contributed by atoms with Gasteiger partial charge in [0, 0.05) is 11.6 Å². The highest BCUT2D eigenvalue weighted by atomic mass is 35.5. The molecule has 2 aromatic heterocycles. The molecule has 0 fully saturated rings. The molecule has 3 aromatic rings. The van der Waals surface area contributed by atoms with Crippen LogP contribution in [0.3, 0.4) is 0 Å². The van der Waals surface area contributed by atoms with Gasteiger partial charge < -0.3 is 13.6 Å². The highest BCUT2D eigenvalue weighted by Gasteiger charge is 2.26. The van der Waals surface area contributed by atoms with Gasteiger partial charge in [0.15, 0.2) is 11.5 Å². The van der Waals surface area contributed by atoms with Crippen LogP contribution in [0, 0.1) is 0 Å². The van der Waals surface area contributed by atoms with Gasteiger partial charge in [-0.25, -0.2) is 9.79 Å². The predicted molar refractivity (Wildman–Crippen MR) is 88.5 cm³/mol. The maximum absolute atomic E-state index is 11.9. The molecule has 0 unspecified atom stereocenters. The van der Waals surface area contributed by atoms with Crippen molar-refractivity contribution in [2.45, 2.75) is 0 Å². The molecule has 4 rings (SSSR count). The van der Waals surface area contributed by atoms with E-state index in [1.807, 2.05) is 18.2 Å². The Morgan fingerprint density at radius 2 is 1.88 bits per heavy atom. The second kappa shape index (κ2) is 5.86. The number of cyclic esters (lactones) is 1. The monoisotopic (exact) mass is 339 g/mol. The van der Waals surface area contributed by atoms with Gasteiger partial charge in [-0.05, 0) is 36.4 Å². The van der Waals surface area contributed by atoms with Crippen molar-refractivity contribution in [1.29, 1.82) is 0 Å². The van der Waals surface area contributed by atoms with Gasteiger partial charge in [0.2, 0.25) is 0 Å². The predicted octanol–water partition coefficient (Wildman–Crippen LogP) is 4.54. The van der Waals surface area contributed by atoms with Crippen LogP contribution in [0.2, 0.25) is 5.02 Å². The van der Waals surface area contributed by atoms with E-state index < -0.39 is 5.97 Å². The Morgan fingerprint density at radius 1 is 1.00 bits per heavy atom. The maximum atomic E-state index is 11.9. The molecule has 3 heterocycles. The Kier molecular flexibility index (Phi) is 3.55. The average molecular weight is 340 g/mol. The van der Waals surface area contributed by atoms with Crippen molar-refractivity contribution in [3.05, 3.63) is 77.0 Å². The van der Waals surface area contributed by atoms with Gasteiger partial charge >= 0.3 is 5.97 Å². The van der Waals surface area contributed by atoms with Crippen molar-refractivity contribution in [2.75, 3.05) is 0 Å². The molecule has 24 heavy (non-hydrogen) atoms. The average Bonchev–Trinajstić information content (AvgIpc) is 3.30. The van der Waals surface area contributed by atoms with E-state index in [2.05, 4.69) is 4.99 Å². The quantitative estimate of drug-likeness (QED) is 0.519. The molecule has 118 valence electrons. The zero-order valence-corrected chi connectivity index (χ0v) is 13.0. The first-order chi connectivity index (χ1) is 11.7. The smallest absolute Gasteiger partial charge is 0.364 e. The van der Waals surface area contributed by atoms with E-state index in [1.165, 1.54) is 12.3 Å². The van der Waals surface area contributed by atoms with Crippen LogP contribution in [0.4, 0.5) is 0 Å². The van der Waals surface area contributed by atoms with Crippen LogP contribution < -0.4 is 0 Å². The van der Waals surface area contributed by atoms with Crippen LogP contribution >= 0.6 is 11.6 Å². The molecule has 1 aliphatic heterocycles. The standard InChI is InChI=1S/C18H10ClNO4/c19-13-5-2-1-4-12(13)15-8-7-11(23-15)10-14-18(21)24-17(20-14)16-6-3-9-22-16/h1-10H/b14-10-. The molecule has 0 atom stereocenters. The third-order valence-electron chi connectivity index (χ3n) is 3.40. The largest absolute Gasteiger partial charge is 0.459 e. The maximum Gasteiger partial charge on any atom is 0.364 e. The minimum atomic E-state index is -0.558. The van der Waals surface area contributed by atoms with Gasteiger partial charge in [0.05, 0.1) is 11.3 Å². The minimum Gasteiger partial charge on any atom is -0.459 e. The first kappa shape index (κ1) is 14.5. The van der Waals surface area contributed by atoms with E-state index in [0.29, 0.717) is 22.3 Å². The molecular formula is C18H10ClNO4. The fourth-order valence-electron chi connectivity index (χ4n) is 2.29. The summed E-state index contributed by atoms with van der Waals surface area (Å²) in [7, 11) is 0. The fraction of sp³-hybridized carbons (Fsp3) is 0. The van der Waals surface area contributed by atoms with Crippen LogP contribution in [0.25, 0.3) is 17.4 Å². The Bertz CT molecular complexity index is 967. The highest BCUT2D eigenvalue weighted by Crippen LogP contribution is 2.30. The third kappa shape index (κ3) is 2.66. The van der Waals surface area contributed by atoms with Gasteiger partial charge in [-0.15, -0.1) is 0 Å². The van der Waals surface area contributed by atoms with Crippen LogP contribution in [0.1, 0.15) is 11.5 Å². The van der Waals surface area contributed by atoms with Gasteiger partial charge in [-0.3, -0.25) is 0 Å². The molecule has 0 N–H and O–H groups in total. The van der Waals surface area contributed by atoms with E-state index >= 15 is 0 Å². The zero-order valence-electron chi connectivity index (χ0n) is 12.2. The minimum absolute atomic E-state index is 0.133. The molecule has 0 bridgehead atoms. The van der Waals surface area contributed by atoms with Crippen molar-refractivity contribution in [2.24, 2.45) is 4.99 Å². The summed E-state index contributed by atoms with van der Waals surface area (Å²) in [6, 6.07) is 14.2. The molecular weight excluding hydrogens is 330 g/mol. The summed E-state index contributed by atoms with van der Waals surface area (Å²) in [4.78, 5) is 16.0. The molecule has 1 aromatic carbocycles. The lowest BCUT2D eigenvalue weighted by atomic mass is 10.2. The van der Waals surface area contributed by atoms with Crippen molar-refractivity contribution in [1.82, 2.24) is 0 Å². The number of hydrogen-bond donors (Lipinski definition) is 0. The lowest BCUT2D eigenvalue weighted by Crippen LogP contribution is -2.04. The summed E-state index contributed by atoms with van der Waals surface area (Å²) in [5, 5.41) is 0.587. The number of carbonyl (C=O) groups is 1. The fourth-order valence-corrected chi connectivity index (χ4v) is 2.51. The topological polar surface area (TPSA) is 64.9 Å². The van der Waals surface area contributed by atoms with Crippen LogP contribution in [-0.4, -0.2) is 11.9 Å². The first-order valence-electron chi connectivity index (χ1n) is 7.12. The zero-order chi connectivity index (χ0) is 16.5. The van der Waals surface area contributed by atoms with Crippen molar-refractivity contribution >= 4 is 29.5 Å². The number of rotatable bonds is 3. The van der Waals surface area contributed by atoms with Crippen molar-refractivity contribution < 1.29 is 18.4 Å². The lowest BCUT2D eigenvalue weighted by molar-refractivity contribution is -0.130. The first-order valence-corrected chi connectivity index (χ1v) is 7.50.